The molecule has 4 aliphatic rings. The molecule has 3 nitrogen and oxygen atoms in total. The Bertz CT molecular complexity index is 4220. The van der Waals surface area contributed by atoms with Gasteiger partial charge in [0.1, 0.15) is 0 Å². The second-order valence-electron chi connectivity index (χ2n) is 30.2. The Kier molecular flexibility index (Phi) is 11.1. The summed E-state index contributed by atoms with van der Waals surface area (Å²) in [5, 5.41) is 3.92. The third kappa shape index (κ3) is 7.79. The summed E-state index contributed by atoms with van der Waals surface area (Å²) in [5.74, 6) is 0. The zero-order valence-corrected chi connectivity index (χ0v) is 52.0. The lowest BCUT2D eigenvalue weighted by Gasteiger charge is -2.44. The second-order valence-corrected chi connectivity index (χ2v) is 31.3. The van der Waals surface area contributed by atoms with Crippen molar-refractivity contribution in [1.82, 2.24) is 4.57 Å². The SMILES string of the molecule is CC(C)(C)c1ccc(N2c3cc(-n4c5ccc(C(C)(C)C)cc5c5cc(C(C)(C)C)ccc54)cc4c3B(c3ccc5c(c32)-c2ccc3c(c2C5(C)C)CCC3)c2sc3ccc(C(C)(C)C)cc3c2N4c2ccc(C(C)(C)C)cc2)cc1. The number of hydrogen-bond acceptors (Lipinski definition) is 3. The normalized spacial score (nSPS) is 15.6. The Morgan fingerprint density at radius 3 is 1.46 bits per heavy atom. The summed E-state index contributed by atoms with van der Waals surface area (Å²) in [7, 11) is 0. The van der Waals surface area contributed by atoms with Crippen molar-refractivity contribution in [1.29, 1.82) is 0 Å². The Morgan fingerprint density at radius 1 is 0.457 bits per heavy atom. The van der Waals surface area contributed by atoms with Crippen LogP contribution >= 0.6 is 11.3 Å². The maximum atomic E-state index is 2.73. The lowest BCUT2D eigenvalue weighted by Crippen LogP contribution is -2.60. The van der Waals surface area contributed by atoms with Gasteiger partial charge in [-0.3, -0.25) is 0 Å². The summed E-state index contributed by atoms with van der Waals surface area (Å²) >= 11 is 2.01. The highest BCUT2D eigenvalue weighted by Crippen LogP contribution is 2.58. The lowest BCUT2D eigenvalue weighted by molar-refractivity contribution is 0.590. The lowest BCUT2D eigenvalue weighted by atomic mass is 9.36. The molecule has 0 radical (unpaired) electrons. The number of hydrogen-bond donors (Lipinski definition) is 0. The van der Waals surface area contributed by atoms with Crippen LogP contribution < -0.4 is 25.5 Å². The van der Waals surface area contributed by atoms with Crippen molar-refractivity contribution in [2.24, 2.45) is 0 Å². The van der Waals surface area contributed by atoms with E-state index in [4.69, 9.17) is 0 Å². The summed E-state index contributed by atoms with van der Waals surface area (Å²) in [6.45, 7) is 40.1. The molecule has 8 aromatic carbocycles. The average molecular weight is 1080 g/mol. The molecule has 81 heavy (non-hydrogen) atoms. The van der Waals surface area contributed by atoms with Crippen molar-refractivity contribution in [2.45, 2.75) is 169 Å². The van der Waals surface area contributed by atoms with E-state index in [9.17, 15) is 0 Å². The van der Waals surface area contributed by atoms with E-state index in [1.54, 1.807) is 16.7 Å². The minimum atomic E-state index is -0.167. The van der Waals surface area contributed by atoms with E-state index in [0.29, 0.717) is 0 Å². The molecule has 0 atom stereocenters. The standard InChI is InChI=1S/C76H80BN3S/c1-71(2,3)45-22-29-50(30-23-45)79-62-42-52(78-60-36-26-47(73(7,8)9)39-55(60)56-40-48(74(10,11)12)27-37-61(56)78)43-63-67(62)77(70-68(79)57-41-49(75(13,14)15)28-38-64(57)81-70)59-35-34-58-65(54-33-21-44-19-18-20-53(44)66(54)76(58,16)17)69(59)80(63)51-31-24-46(25-32-51)72(4,5)6/h21-43H,18-20H2,1-17H3. The number of aromatic nitrogens is 1. The molecule has 10 aromatic rings. The molecular weight excluding hydrogens is 998 g/mol. The Morgan fingerprint density at radius 2 is 0.938 bits per heavy atom. The third-order valence-corrected chi connectivity index (χ3v) is 20.5. The van der Waals surface area contributed by atoms with E-state index in [1.807, 2.05) is 11.3 Å². The topological polar surface area (TPSA) is 11.4 Å². The molecule has 0 amide bonds. The van der Waals surface area contributed by atoms with Crippen molar-refractivity contribution in [3.05, 3.63) is 190 Å². The predicted molar refractivity (Wildman–Crippen MR) is 353 cm³/mol. The molecule has 0 unspecified atom stereocenters. The van der Waals surface area contributed by atoms with Crippen molar-refractivity contribution < 1.29 is 0 Å². The summed E-state index contributed by atoms with van der Waals surface area (Å²) in [6.07, 6.45) is 3.54. The van der Waals surface area contributed by atoms with Crippen molar-refractivity contribution in [2.75, 3.05) is 9.80 Å². The molecule has 2 aliphatic heterocycles. The smallest absolute Gasteiger partial charge is 0.264 e. The number of rotatable bonds is 3. The van der Waals surface area contributed by atoms with Crippen molar-refractivity contribution in [3.63, 3.8) is 0 Å². The Labute approximate surface area is 487 Å². The van der Waals surface area contributed by atoms with Crippen LogP contribution in [0.2, 0.25) is 0 Å². The highest BCUT2D eigenvalue weighted by Gasteiger charge is 2.50. The molecule has 0 fully saturated rings. The van der Waals surface area contributed by atoms with E-state index in [0.717, 1.165) is 12.1 Å². The fraction of sp³-hybridized carbons (Fsp3) is 0.342. The monoisotopic (exact) mass is 1080 g/mol. The van der Waals surface area contributed by atoms with Crippen LogP contribution in [0, 0.1) is 0 Å². The van der Waals surface area contributed by atoms with Gasteiger partial charge in [-0.2, -0.15) is 0 Å². The first-order chi connectivity index (χ1) is 38.1. The van der Waals surface area contributed by atoms with Gasteiger partial charge >= 0.3 is 0 Å². The number of nitrogens with zero attached hydrogens (tertiary/aromatic N) is 3. The van der Waals surface area contributed by atoms with E-state index in [1.165, 1.54) is 139 Å². The van der Waals surface area contributed by atoms with Gasteiger partial charge in [0, 0.05) is 65.1 Å². The molecule has 0 saturated carbocycles. The van der Waals surface area contributed by atoms with Crippen molar-refractivity contribution in [3.8, 4) is 16.8 Å². The Hall–Kier alpha value is -6.82. The van der Waals surface area contributed by atoms with Crippen LogP contribution in [0.3, 0.4) is 0 Å². The van der Waals surface area contributed by atoms with Gasteiger partial charge in [0.15, 0.2) is 0 Å². The summed E-state index contributed by atoms with van der Waals surface area (Å²) in [6, 6.07) is 56.5. The average Bonchev–Trinajstić information content (AvgIpc) is 2.36. The molecule has 0 bridgehead atoms. The van der Waals surface area contributed by atoms with Crippen LogP contribution in [0.1, 0.15) is 174 Å². The van der Waals surface area contributed by atoms with Crippen molar-refractivity contribution >= 4 is 99.8 Å². The number of benzene rings is 8. The number of fused-ring (bicyclic) bond motifs is 15. The Balaban J connectivity index is 1.17. The van der Waals surface area contributed by atoms with Gasteiger partial charge in [0.25, 0.3) is 6.71 Å². The highest BCUT2D eigenvalue weighted by atomic mass is 32.1. The van der Waals surface area contributed by atoms with Gasteiger partial charge in [-0.25, -0.2) is 0 Å². The molecule has 408 valence electrons. The third-order valence-electron chi connectivity index (χ3n) is 19.3. The number of aryl methyl sites for hydroxylation is 1. The van der Waals surface area contributed by atoms with E-state index >= 15 is 0 Å². The molecule has 5 heteroatoms. The summed E-state index contributed by atoms with van der Waals surface area (Å²) in [4.78, 5) is 5.42. The highest BCUT2D eigenvalue weighted by molar-refractivity contribution is 7.33. The zero-order chi connectivity index (χ0) is 57.0. The predicted octanol–water partition coefficient (Wildman–Crippen LogP) is 19.4. The van der Waals surface area contributed by atoms with E-state index in [2.05, 4.69) is 272 Å². The first-order valence-electron chi connectivity index (χ1n) is 30.1. The molecule has 4 heterocycles. The fourth-order valence-electron chi connectivity index (χ4n) is 14.7. The van der Waals surface area contributed by atoms with Crippen LogP contribution in [0.5, 0.6) is 0 Å². The van der Waals surface area contributed by atoms with Crippen LogP contribution in [-0.4, -0.2) is 11.3 Å². The molecule has 0 N–H and O–H groups in total. The minimum absolute atomic E-state index is 0.00295. The molecular formula is C76H80BN3S. The van der Waals surface area contributed by atoms with Gasteiger partial charge in [0.05, 0.1) is 22.4 Å². The first kappa shape index (κ1) is 52.3. The molecule has 14 rings (SSSR count). The minimum Gasteiger partial charge on any atom is -0.311 e. The van der Waals surface area contributed by atoms with Gasteiger partial charge in [-0.15, -0.1) is 11.3 Å². The molecule has 2 aromatic heterocycles. The fourth-order valence-corrected chi connectivity index (χ4v) is 16.0. The summed E-state index contributed by atoms with van der Waals surface area (Å²) in [5.41, 5.74) is 29.2. The maximum absolute atomic E-state index is 2.73. The van der Waals surface area contributed by atoms with Gasteiger partial charge in [-0.1, -0.05) is 184 Å². The van der Waals surface area contributed by atoms with Gasteiger partial charge < -0.3 is 14.4 Å². The van der Waals surface area contributed by atoms with E-state index in [-0.39, 0.29) is 39.2 Å². The zero-order valence-electron chi connectivity index (χ0n) is 51.2. The summed E-state index contributed by atoms with van der Waals surface area (Å²) < 4.78 is 5.35. The number of thiophene rings is 1. The molecule has 0 saturated heterocycles. The quantitative estimate of drug-likeness (QED) is 0.163. The maximum Gasteiger partial charge on any atom is 0.264 e. The van der Waals surface area contributed by atoms with Crippen LogP contribution in [0.4, 0.5) is 34.1 Å². The van der Waals surface area contributed by atoms with Crippen LogP contribution in [0.25, 0.3) is 48.7 Å². The van der Waals surface area contributed by atoms with Gasteiger partial charge in [-0.05, 0) is 186 Å². The molecule has 0 spiro atoms. The van der Waals surface area contributed by atoms with Crippen LogP contribution in [0.15, 0.2) is 140 Å². The second kappa shape index (κ2) is 17.1. The molecule has 2 aliphatic carbocycles. The van der Waals surface area contributed by atoms with E-state index < -0.39 is 0 Å². The number of anilines is 6. The van der Waals surface area contributed by atoms with Crippen LogP contribution in [-0.2, 0) is 45.3 Å². The largest absolute Gasteiger partial charge is 0.311 e. The first-order valence-corrected chi connectivity index (χ1v) is 30.9. The van der Waals surface area contributed by atoms with Gasteiger partial charge in [0.2, 0.25) is 0 Å².